The van der Waals surface area contributed by atoms with Gasteiger partial charge in [-0.3, -0.25) is 9.59 Å². The molecule has 138 valence electrons. The molecule has 0 fully saturated rings. The quantitative estimate of drug-likeness (QED) is 0.773. The Morgan fingerprint density at radius 3 is 2.35 bits per heavy atom. The van der Waals surface area contributed by atoms with E-state index in [1.807, 2.05) is 24.3 Å². The molecule has 4 nitrogen and oxygen atoms in total. The number of benzene rings is 1. The minimum absolute atomic E-state index is 0.114. The van der Waals surface area contributed by atoms with Crippen LogP contribution in [0.1, 0.15) is 41.7 Å². The van der Waals surface area contributed by atoms with Gasteiger partial charge in [0, 0.05) is 9.75 Å². The van der Waals surface area contributed by atoms with E-state index < -0.39 is 11.6 Å². The minimum atomic E-state index is -0.549. The van der Waals surface area contributed by atoms with Crippen LogP contribution in [0.15, 0.2) is 36.4 Å². The van der Waals surface area contributed by atoms with Gasteiger partial charge in [-0.1, -0.05) is 30.3 Å². The maximum atomic E-state index is 11.9. The van der Waals surface area contributed by atoms with Crippen molar-refractivity contribution >= 4 is 35.4 Å². The number of esters is 1. The van der Waals surface area contributed by atoms with Crippen LogP contribution in [0.3, 0.4) is 0 Å². The molecule has 0 saturated heterocycles. The highest BCUT2D eigenvalue weighted by Gasteiger charge is 2.16. The number of ether oxygens (including phenoxy) is 1. The smallest absolute Gasteiger partial charge is 0.325 e. The molecule has 1 aromatic heterocycles. The van der Waals surface area contributed by atoms with Crippen molar-refractivity contribution in [2.24, 2.45) is 0 Å². The van der Waals surface area contributed by atoms with Crippen molar-refractivity contribution in [3.8, 4) is 0 Å². The van der Waals surface area contributed by atoms with Crippen molar-refractivity contribution in [3.05, 3.63) is 57.3 Å². The third-order valence-corrected chi connectivity index (χ3v) is 4.36. The molecule has 2 rings (SSSR count). The third-order valence-electron chi connectivity index (χ3n) is 3.40. The summed E-state index contributed by atoms with van der Waals surface area (Å²) in [4.78, 5) is 26.1. The van der Waals surface area contributed by atoms with Gasteiger partial charge in [-0.25, -0.2) is 0 Å². The van der Waals surface area contributed by atoms with Gasteiger partial charge in [0.15, 0.2) is 0 Å². The van der Waals surface area contributed by atoms with E-state index in [0.717, 1.165) is 11.1 Å². The number of amides is 1. The van der Waals surface area contributed by atoms with Crippen molar-refractivity contribution in [2.45, 2.75) is 39.7 Å². The SMILES string of the molecule is Cc1ccc(/C=C/c2ccc(CC(=O)NCC(=O)OC(C)(C)C)cc2)s1. The van der Waals surface area contributed by atoms with E-state index in [4.69, 9.17) is 4.74 Å². The molecular weight excluding hydrogens is 346 g/mol. The molecule has 0 spiro atoms. The number of hydrogen-bond acceptors (Lipinski definition) is 4. The van der Waals surface area contributed by atoms with Crippen LogP contribution >= 0.6 is 11.3 Å². The molecular formula is C21H25NO3S. The number of nitrogens with one attached hydrogen (secondary N) is 1. The fourth-order valence-electron chi connectivity index (χ4n) is 2.26. The summed E-state index contributed by atoms with van der Waals surface area (Å²) in [6.07, 6.45) is 4.37. The van der Waals surface area contributed by atoms with E-state index in [9.17, 15) is 9.59 Å². The standard InChI is InChI=1S/C21H25NO3S/c1-15-5-11-18(26-15)12-10-16-6-8-17(9-7-16)13-19(23)22-14-20(24)25-21(2,3)4/h5-12H,13-14H2,1-4H3,(H,22,23)/b12-10+. The summed E-state index contributed by atoms with van der Waals surface area (Å²) in [5, 5.41) is 2.59. The highest BCUT2D eigenvalue weighted by molar-refractivity contribution is 7.12. The molecule has 1 heterocycles. The van der Waals surface area contributed by atoms with Gasteiger partial charge in [-0.05, 0) is 57.0 Å². The maximum Gasteiger partial charge on any atom is 0.325 e. The van der Waals surface area contributed by atoms with E-state index in [-0.39, 0.29) is 18.9 Å². The third kappa shape index (κ3) is 7.23. The zero-order valence-corrected chi connectivity index (χ0v) is 16.5. The summed E-state index contributed by atoms with van der Waals surface area (Å²) >= 11 is 1.75. The Morgan fingerprint density at radius 1 is 1.08 bits per heavy atom. The van der Waals surface area contributed by atoms with Crippen LogP contribution in [0.5, 0.6) is 0 Å². The molecule has 1 amide bonds. The van der Waals surface area contributed by atoms with Crippen LogP contribution in [-0.2, 0) is 20.7 Å². The summed E-state index contributed by atoms with van der Waals surface area (Å²) in [6, 6.07) is 12.0. The number of hydrogen-bond donors (Lipinski definition) is 1. The first kappa shape index (κ1) is 19.9. The van der Waals surface area contributed by atoms with Gasteiger partial charge in [0.25, 0.3) is 0 Å². The molecule has 0 bridgehead atoms. The van der Waals surface area contributed by atoms with Crippen LogP contribution in [-0.4, -0.2) is 24.0 Å². The predicted molar refractivity (Wildman–Crippen MR) is 107 cm³/mol. The molecule has 5 heteroatoms. The first-order valence-electron chi connectivity index (χ1n) is 8.53. The van der Waals surface area contributed by atoms with Crippen molar-refractivity contribution in [2.75, 3.05) is 6.54 Å². The topological polar surface area (TPSA) is 55.4 Å². The van der Waals surface area contributed by atoms with Gasteiger partial charge in [0.2, 0.25) is 5.91 Å². The van der Waals surface area contributed by atoms with Gasteiger partial charge in [0.05, 0.1) is 6.42 Å². The van der Waals surface area contributed by atoms with E-state index >= 15 is 0 Å². The van der Waals surface area contributed by atoms with Crippen molar-refractivity contribution in [1.29, 1.82) is 0 Å². The second-order valence-corrected chi connectivity index (χ2v) is 8.38. The number of aryl methyl sites for hydroxylation is 1. The molecule has 0 unspecified atom stereocenters. The molecule has 1 aromatic carbocycles. The summed E-state index contributed by atoms with van der Waals surface area (Å²) in [6.45, 7) is 7.36. The lowest BCUT2D eigenvalue weighted by Crippen LogP contribution is -2.35. The minimum Gasteiger partial charge on any atom is -0.459 e. The normalized spacial score (nSPS) is 11.5. The largest absolute Gasteiger partial charge is 0.459 e. The molecule has 0 aliphatic rings. The molecule has 2 aromatic rings. The lowest BCUT2D eigenvalue weighted by molar-refractivity contribution is -0.154. The van der Waals surface area contributed by atoms with Crippen LogP contribution in [0, 0.1) is 6.92 Å². The molecule has 0 atom stereocenters. The van der Waals surface area contributed by atoms with Crippen LogP contribution < -0.4 is 5.32 Å². The number of thiophene rings is 1. The van der Waals surface area contributed by atoms with Crippen LogP contribution in [0.4, 0.5) is 0 Å². The van der Waals surface area contributed by atoms with E-state index in [2.05, 4.69) is 36.5 Å². The van der Waals surface area contributed by atoms with E-state index in [1.54, 1.807) is 32.1 Å². The van der Waals surface area contributed by atoms with Gasteiger partial charge in [0.1, 0.15) is 12.1 Å². The zero-order valence-electron chi connectivity index (χ0n) is 15.7. The lowest BCUT2D eigenvalue weighted by atomic mass is 10.1. The Hall–Kier alpha value is -2.40. The number of rotatable bonds is 6. The van der Waals surface area contributed by atoms with Gasteiger partial charge in [-0.2, -0.15) is 0 Å². The Morgan fingerprint density at radius 2 is 1.77 bits per heavy atom. The fraction of sp³-hybridized carbons (Fsp3) is 0.333. The highest BCUT2D eigenvalue weighted by atomic mass is 32.1. The number of carbonyl (C=O) groups is 2. The summed E-state index contributed by atoms with van der Waals surface area (Å²) < 4.78 is 5.16. The molecule has 0 aliphatic carbocycles. The van der Waals surface area contributed by atoms with Gasteiger partial charge in [-0.15, -0.1) is 11.3 Å². The molecule has 0 saturated carbocycles. The monoisotopic (exact) mass is 371 g/mol. The zero-order chi connectivity index (χ0) is 19.2. The highest BCUT2D eigenvalue weighted by Crippen LogP contribution is 2.18. The Balaban J connectivity index is 1.82. The lowest BCUT2D eigenvalue weighted by Gasteiger charge is -2.19. The second kappa shape index (κ2) is 8.81. The first-order valence-corrected chi connectivity index (χ1v) is 9.35. The molecule has 26 heavy (non-hydrogen) atoms. The summed E-state index contributed by atoms with van der Waals surface area (Å²) in [5.74, 6) is -0.636. The van der Waals surface area contributed by atoms with Crippen molar-refractivity contribution in [3.63, 3.8) is 0 Å². The Labute approximate surface area is 158 Å². The molecule has 0 aliphatic heterocycles. The maximum absolute atomic E-state index is 11.9. The van der Waals surface area contributed by atoms with Crippen LogP contribution in [0.2, 0.25) is 0 Å². The van der Waals surface area contributed by atoms with Gasteiger partial charge >= 0.3 is 5.97 Å². The average Bonchev–Trinajstić information content (AvgIpc) is 2.96. The van der Waals surface area contributed by atoms with Crippen LogP contribution in [0.25, 0.3) is 12.2 Å². The van der Waals surface area contributed by atoms with Crippen molar-refractivity contribution in [1.82, 2.24) is 5.32 Å². The Kier molecular flexibility index (Phi) is 6.75. The van der Waals surface area contributed by atoms with E-state index in [0.29, 0.717) is 0 Å². The van der Waals surface area contributed by atoms with E-state index in [1.165, 1.54) is 9.75 Å². The fourth-order valence-corrected chi connectivity index (χ4v) is 3.04. The summed E-state index contributed by atoms with van der Waals surface area (Å²) in [5.41, 5.74) is 1.43. The molecule has 1 N–H and O–H groups in total. The van der Waals surface area contributed by atoms with Crippen molar-refractivity contribution < 1.29 is 14.3 Å². The second-order valence-electron chi connectivity index (χ2n) is 7.06. The number of carbonyl (C=O) groups excluding carboxylic acids is 2. The van der Waals surface area contributed by atoms with Gasteiger partial charge < -0.3 is 10.1 Å². The predicted octanol–water partition coefficient (Wildman–Crippen LogP) is 4.23. The Bertz CT molecular complexity index is 782. The average molecular weight is 372 g/mol. The first-order chi connectivity index (χ1) is 12.2. The summed E-state index contributed by atoms with van der Waals surface area (Å²) in [7, 11) is 0. The molecule has 0 radical (unpaired) electrons.